The van der Waals surface area contributed by atoms with Gasteiger partial charge in [0.05, 0.1) is 6.26 Å². The molecule has 2 aliphatic heterocycles. The molecular formula is C15H30N2O2S. The maximum Gasteiger partial charge on any atom is 0.211 e. The fraction of sp³-hybridized carbons (Fsp3) is 1.00. The molecule has 0 bridgehead atoms. The molecule has 1 N–H and O–H groups in total. The molecule has 0 saturated carbocycles. The molecule has 2 aliphatic rings. The summed E-state index contributed by atoms with van der Waals surface area (Å²) in [7, 11) is -3.03. The summed E-state index contributed by atoms with van der Waals surface area (Å²) < 4.78 is 25.2. The first-order valence-electron chi connectivity index (χ1n) is 7.84. The van der Waals surface area contributed by atoms with Crippen LogP contribution in [0.1, 0.15) is 52.9 Å². The minimum atomic E-state index is -3.03. The molecule has 118 valence electrons. The lowest BCUT2D eigenvalue weighted by Gasteiger charge is -2.46. The molecule has 2 atom stereocenters. The SMILES string of the molecule is CC(C)(C)C1(CC2CCCN(S(C)(=O)=O)C2)CCCN1. The van der Waals surface area contributed by atoms with E-state index in [-0.39, 0.29) is 11.0 Å². The number of nitrogens with one attached hydrogen (secondary N) is 1. The monoisotopic (exact) mass is 302 g/mol. The van der Waals surface area contributed by atoms with Crippen molar-refractivity contribution in [2.45, 2.75) is 58.4 Å². The summed E-state index contributed by atoms with van der Waals surface area (Å²) in [6.07, 6.45) is 7.04. The number of hydrogen-bond acceptors (Lipinski definition) is 3. The number of rotatable bonds is 3. The summed E-state index contributed by atoms with van der Waals surface area (Å²) in [4.78, 5) is 0. The van der Waals surface area contributed by atoms with E-state index in [1.165, 1.54) is 19.1 Å². The third kappa shape index (κ3) is 3.37. The van der Waals surface area contributed by atoms with E-state index in [9.17, 15) is 8.42 Å². The van der Waals surface area contributed by atoms with Crippen LogP contribution in [0.5, 0.6) is 0 Å². The van der Waals surface area contributed by atoms with Crippen LogP contribution in [-0.2, 0) is 10.0 Å². The average molecular weight is 302 g/mol. The van der Waals surface area contributed by atoms with Gasteiger partial charge in [-0.1, -0.05) is 20.8 Å². The zero-order valence-electron chi connectivity index (χ0n) is 13.4. The highest BCUT2D eigenvalue weighted by Gasteiger charge is 2.45. The second kappa shape index (κ2) is 5.58. The Hall–Kier alpha value is -0.130. The van der Waals surface area contributed by atoms with Crippen molar-refractivity contribution in [1.29, 1.82) is 0 Å². The smallest absolute Gasteiger partial charge is 0.211 e. The topological polar surface area (TPSA) is 49.4 Å². The van der Waals surface area contributed by atoms with Crippen molar-refractivity contribution in [2.24, 2.45) is 11.3 Å². The van der Waals surface area contributed by atoms with Gasteiger partial charge in [0.2, 0.25) is 10.0 Å². The Balaban J connectivity index is 2.08. The fourth-order valence-corrected chi connectivity index (χ4v) is 4.86. The quantitative estimate of drug-likeness (QED) is 0.869. The lowest BCUT2D eigenvalue weighted by molar-refractivity contribution is 0.105. The molecular weight excluding hydrogens is 272 g/mol. The molecule has 4 nitrogen and oxygen atoms in total. The molecule has 0 radical (unpaired) electrons. The average Bonchev–Trinajstić information content (AvgIpc) is 2.77. The van der Waals surface area contributed by atoms with E-state index in [1.54, 1.807) is 4.31 Å². The molecule has 2 heterocycles. The van der Waals surface area contributed by atoms with Gasteiger partial charge in [0, 0.05) is 18.6 Å². The van der Waals surface area contributed by atoms with Crippen LogP contribution in [-0.4, -0.2) is 44.2 Å². The fourth-order valence-electron chi connectivity index (χ4n) is 3.91. The minimum Gasteiger partial charge on any atom is -0.311 e. The Morgan fingerprint density at radius 2 is 2.00 bits per heavy atom. The van der Waals surface area contributed by atoms with Gasteiger partial charge < -0.3 is 5.32 Å². The van der Waals surface area contributed by atoms with Crippen molar-refractivity contribution in [3.63, 3.8) is 0 Å². The zero-order valence-corrected chi connectivity index (χ0v) is 14.2. The van der Waals surface area contributed by atoms with Crippen LogP contribution in [0.25, 0.3) is 0 Å². The molecule has 0 spiro atoms. The van der Waals surface area contributed by atoms with Gasteiger partial charge in [-0.25, -0.2) is 12.7 Å². The highest BCUT2D eigenvalue weighted by Crippen LogP contribution is 2.43. The van der Waals surface area contributed by atoms with Gasteiger partial charge in [-0.15, -0.1) is 0 Å². The van der Waals surface area contributed by atoms with Crippen LogP contribution in [0.4, 0.5) is 0 Å². The number of piperidine rings is 1. The molecule has 0 aromatic carbocycles. The van der Waals surface area contributed by atoms with Gasteiger partial charge >= 0.3 is 0 Å². The van der Waals surface area contributed by atoms with E-state index in [4.69, 9.17) is 0 Å². The Morgan fingerprint density at radius 3 is 2.50 bits per heavy atom. The highest BCUT2D eigenvalue weighted by molar-refractivity contribution is 7.88. The molecule has 2 rings (SSSR count). The summed E-state index contributed by atoms with van der Waals surface area (Å²) in [5.41, 5.74) is 0.398. The molecule has 2 fully saturated rings. The molecule has 0 aromatic heterocycles. The zero-order chi connectivity index (χ0) is 15.0. The number of nitrogens with zero attached hydrogens (tertiary/aromatic N) is 1. The predicted octanol–water partition coefficient (Wildman–Crippen LogP) is 2.22. The van der Waals surface area contributed by atoms with Crippen molar-refractivity contribution >= 4 is 10.0 Å². The summed E-state index contributed by atoms with van der Waals surface area (Å²) in [5.74, 6) is 0.489. The van der Waals surface area contributed by atoms with Gasteiger partial charge in [-0.3, -0.25) is 0 Å². The van der Waals surface area contributed by atoms with E-state index in [1.807, 2.05) is 0 Å². The van der Waals surface area contributed by atoms with Crippen LogP contribution in [0.2, 0.25) is 0 Å². The molecule has 5 heteroatoms. The van der Waals surface area contributed by atoms with Crippen LogP contribution in [0, 0.1) is 11.3 Å². The molecule has 2 saturated heterocycles. The second-order valence-electron chi connectivity index (χ2n) is 7.70. The summed E-state index contributed by atoms with van der Waals surface area (Å²) in [6, 6.07) is 0. The Morgan fingerprint density at radius 1 is 1.30 bits per heavy atom. The van der Waals surface area contributed by atoms with E-state index < -0.39 is 10.0 Å². The van der Waals surface area contributed by atoms with Crippen LogP contribution in [0.15, 0.2) is 0 Å². The van der Waals surface area contributed by atoms with E-state index in [2.05, 4.69) is 26.1 Å². The summed E-state index contributed by atoms with van der Waals surface area (Å²) >= 11 is 0. The Bertz CT molecular complexity index is 433. The Labute approximate surface area is 124 Å². The normalized spacial score (nSPS) is 33.5. The maximum atomic E-state index is 11.8. The van der Waals surface area contributed by atoms with Gasteiger partial charge in [0.1, 0.15) is 0 Å². The standard InChI is InChI=1S/C15H30N2O2S/c1-14(2,3)15(8-6-9-16-15)11-13-7-5-10-17(12-13)20(4,18)19/h13,16H,5-12H2,1-4H3. The van der Waals surface area contributed by atoms with Gasteiger partial charge in [0.15, 0.2) is 0 Å². The number of sulfonamides is 1. The van der Waals surface area contributed by atoms with Gasteiger partial charge in [-0.2, -0.15) is 0 Å². The van der Waals surface area contributed by atoms with Crippen molar-refractivity contribution in [1.82, 2.24) is 9.62 Å². The van der Waals surface area contributed by atoms with Gasteiger partial charge in [-0.05, 0) is 50.0 Å². The number of hydrogen-bond donors (Lipinski definition) is 1. The van der Waals surface area contributed by atoms with Crippen LogP contribution >= 0.6 is 0 Å². The molecule has 20 heavy (non-hydrogen) atoms. The van der Waals surface area contributed by atoms with Crippen molar-refractivity contribution in [2.75, 3.05) is 25.9 Å². The molecule has 0 amide bonds. The lowest BCUT2D eigenvalue weighted by atomic mass is 9.67. The summed E-state index contributed by atoms with van der Waals surface area (Å²) in [6.45, 7) is 9.43. The lowest BCUT2D eigenvalue weighted by Crippen LogP contribution is -2.53. The maximum absolute atomic E-state index is 11.8. The van der Waals surface area contributed by atoms with Crippen LogP contribution < -0.4 is 5.32 Å². The molecule has 2 unspecified atom stereocenters. The van der Waals surface area contributed by atoms with E-state index >= 15 is 0 Å². The third-order valence-electron chi connectivity index (χ3n) is 5.27. The van der Waals surface area contributed by atoms with E-state index in [0.717, 1.165) is 25.8 Å². The molecule has 0 aromatic rings. The van der Waals surface area contributed by atoms with Crippen LogP contribution in [0.3, 0.4) is 0 Å². The first kappa shape index (κ1) is 16.2. The van der Waals surface area contributed by atoms with E-state index in [0.29, 0.717) is 19.0 Å². The Kier molecular flexibility index (Phi) is 4.53. The third-order valence-corrected chi connectivity index (χ3v) is 6.54. The molecule has 0 aliphatic carbocycles. The minimum absolute atomic E-state index is 0.179. The first-order valence-corrected chi connectivity index (χ1v) is 9.69. The highest BCUT2D eigenvalue weighted by atomic mass is 32.2. The largest absolute Gasteiger partial charge is 0.311 e. The van der Waals surface area contributed by atoms with Crippen molar-refractivity contribution in [3.05, 3.63) is 0 Å². The predicted molar refractivity (Wildman–Crippen MR) is 83.2 cm³/mol. The first-order chi connectivity index (χ1) is 9.14. The summed E-state index contributed by atoms with van der Waals surface area (Å²) in [5, 5.41) is 3.74. The van der Waals surface area contributed by atoms with Crippen molar-refractivity contribution < 1.29 is 8.42 Å². The second-order valence-corrected chi connectivity index (χ2v) is 9.68. The van der Waals surface area contributed by atoms with Crippen molar-refractivity contribution in [3.8, 4) is 0 Å². The van der Waals surface area contributed by atoms with Gasteiger partial charge in [0.25, 0.3) is 0 Å².